The first-order chi connectivity index (χ1) is 13.1. The molecule has 0 aliphatic rings. The first kappa shape index (κ1) is 26.2. The number of rotatable bonds is 20. The molecule has 0 amide bonds. The van der Waals surface area contributed by atoms with Gasteiger partial charge < -0.3 is 10.2 Å². The second-order valence-corrected chi connectivity index (χ2v) is 8.09. The van der Waals surface area contributed by atoms with Gasteiger partial charge in [-0.3, -0.25) is 4.79 Å². The molecule has 3 nitrogen and oxygen atoms in total. The van der Waals surface area contributed by atoms with Crippen molar-refractivity contribution in [1.29, 1.82) is 0 Å². The standard InChI is InChI=1S/C24H46O3/c1-3-5-7-8-9-10-11-12-13-14-15-16-17-18-19-22(24(26)27)21-23(25)20-6-4-2/h12-13,22-23,25H,3-11,14-21H2,1-2H3,(H,26,27)/b13-12-. The molecule has 0 aliphatic carbocycles. The van der Waals surface area contributed by atoms with Gasteiger partial charge in [0, 0.05) is 0 Å². The Morgan fingerprint density at radius 2 is 1.26 bits per heavy atom. The van der Waals surface area contributed by atoms with Gasteiger partial charge in [-0.25, -0.2) is 0 Å². The molecule has 0 aromatic carbocycles. The summed E-state index contributed by atoms with van der Waals surface area (Å²) in [5, 5.41) is 19.3. The van der Waals surface area contributed by atoms with E-state index in [1.54, 1.807) is 0 Å². The molecule has 0 rings (SSSR count). The van der Waals surface area contributed by atoms with Crippen molar-refractivity contribution in [3.63, 3.8) is 0 Å². The minimum Gasteiger partial charge on any atom is -0.481 e. The zero-order valence-corrected chi connectivity index (χ0v) is 18.1. The van der Waals surface area contributed by atoms with E-state index in [0.717, 1.165) is 38.5 Å². The van der Waals surface area contributed by atoms with E-state index in [0.29, 0.717) is 12.8 Å². The molecule has 0 heterocycles. The summed E-state index contributed by atoms with van der Waals surface area (Å²) < 4.78 is 0. The average molecular weight is 383 g/mol. The molecule has 0 radical (unpaired) electrons. The van der Waals surface area contributed by atoms with Crippen molar-refractivity contribution in [2.24, 2.45) is 5.92 Å². The molecule has 2 atom stereocenters. The summed E-state index contributed by atoms with van der Waals surface area (Å²) in [6.45, 7) is 4.34. The molecule has 0 aromatic rings. The molecule has 0 spiro atoms. The van der Waals surface area contributed by atoms with Gasteiger partial charge >= 0.3 is 5.97 Å². The van der Waals surface area contributed by atoms with E-state index in [-0.39, 0.29) is 5.92 Å². The van der Waals surface area contributed by atoms with Gasteiger partial charge in [-0.05, 0) is 44.9 Å². The van der Waals surface area contributed by atoms with Crippen LogP contribution < -0.4 is 0 Å². The number of carboxylic acids is 1. The van der Waals surface area contributed by atoms with Crippen LogP contribution in [0.3, 0.4) is 0 Å². The van der Waals surface area contributed by atoms with Crippen LogP contribution in [-0.2, 0) is 4.79 Å². The van der Waals surface area contributed by atoms with Gasteiger partial charge in [0.15, 0.2) is 0 Å². The Kier molecular flexibility index (Phi) is 19.3. The van der Waals surface area contributed by atoms with E-state index in [4.69, 9.17) is 0 Å². The third-order valence-electron chi connectivity index (χ3n) is 5.36. The second-order valence-electron chi connectivity index (χ2n) is 8.09. The molecule has 0 fully saturated rings. The number of aliphatic hydroxyl groups excluding tert-OH is 1. The maximum atomic E-state index is 11.4. The van der Waals surface area contributed by atoms with Gasteiger partial charge in [-0.2, -0.15) is 0 Å². The predicted octanol–water partition coefficient (Wildman–Crippen LogP) is 7.28. The fraction of sp³-hybridized carbons (Fsp3) is 0.875. The van der Waals surface area contributed by atoms with Crippen molar-refractivity contribution in [2.45, 2.75) is 129 Å². The van der Waals surface area contributed by atoms with E-state index in [1.165, 1.54) is 57.8 Å². The Morgan fingerprint density at radius 3 is 1.81 bits per heavy atom. The number of allylic oxidation sites excluding steroid dienone is 2. The molecule has 0 aromatic heterocycles. The molecule has 2 N–H and O–H groups in total. The predicted molar refractivity (Wildman–Crippen MR) is 116 cm³/mol. The molecule has 27 heavy (non-hydrogen) atoms. The van der Waals surface area contributed by atoms with Gasteiger partial charge in [-0.1, -0.05) is 90.2 Å². The summed E-state index contributed by atoms with van der Waals surface area (Å²) in [6, 6.07) is 0. The maximum absolute atomic E-state index is 11.4. The van der Waals surface area contributed by atoms with Crippen LogP contribution in [0.5, 0.6) is 0 Å². The number of hydrogen-bond donors (Lipinski definition) is 2. The molecular formula is C24H46O3. The van der Waals surface area contributed by atoms with Gasteiger partial charge in [0.25, 0.3) is 0 Å². The van der Waals surface area contributed by atoms with E-state index >= 15 is 0 Å². The number of unbranched alkanes of at least 4 members (excludes halogenated alkanes) is 11. The fourth-order valence-electron chi connectivity index (χ4n) is 3.51. The highest BCUT2D eigenvalue weighted by Crippen LogP contribution is 2.19. The van der Waals surface area contributed by atoms with Gasteiger partial charge in [0.2, 0.25) is 0 Å². The van der Waals surface area contributed by atoms with E-state index in [2.05, 4.69) is 26.0 Å². The zero-order valence-electron chi connectivity index (χ0n) is 18.1. The number of aliphatic hydroxyl groups is 1. The lowest BCUT2D eigenvalue weighted by Crippen LogP contribution is -2.20. The number of carboxylic acid groups (broad SMARTS) is 1. The molecule has 0 saturated heterocycles. The topological polar surface area (TPSA) is 57.5 Å². The summed E-state index contributed by atoms with van der Waals surface area (Å²) in [4.78, 5) is 11.4. The van der Waals surface area contributed by atoms with Crippen LogP contribution in [0.4, 0.5) is 0 Å². The summed E-state index contributed by atoms with van der Waals surface area (Å²) >= 11 is 0. The van der Waals surface area contributed by atoms with Crippen molar-refractivity contribution in [2.75, 3.05) is 0 Å². The van der Waals surface area contributed by atoms with Crippen molar-refractivity contribution < 1.29 is 15.0 Å². The van der Waals surface area contributed by atoms with Crippen molar-refractivity contribution >= 4 is 5.97 Å². The molecule has 2 unspecified atom stereocenters. The quantitative estimate of drug-likeness (QED) is 0.172. The lowest BCUT2D eigenvalue weighted by Gasteiger charge is -2.16. The largest absolute Gasteiger partial charge is 0.481 e. The van der Waals surface area contributed by atoms with E-state index in [1.807, 2.05) is 0 Å². The maximum Gasteiger partial charge on any atom is 0.306 e. The third-order valence-corrected chi connectivity index (χ3v) is 5.36. The van der Waals surface area contributed by atoms with Crippen LogP contribution in [0.15, 0.2) is 12.2 Å². The van der Waals surface area contributed by atoms with Crippen LogP contribution in [0, 0.1) is 5.92 Å². The molecule has 160 valence electrons. The molecule has 0 aliphatic heterocycles. The Morgan fingerprint density at radius 1 is 0.741 bits per heavy atom. The van der Waals surface area contributed by atoms with Crippen LogP contribution in [0.25, 0.3) is 0 Å². The fourth-order valence-corrected chi connectivity index (χ4v) is 3.51. The zero-order chi connectivity index (χ0) is 20.2. The summed E-state index contributed by atoms with van der Waals surface area (Å²) in [5.74, 6) is -1.13. The second kappa shape index (κ2) is 19.9. The molecule has 0 saturated carbocycles. The highest BCUT2D eigenvalue weighted by atomic mass is 16.4. The average Bonchev–Trinajstić information content (AvgIpc) is 2.65. The Bertz CT molecular complexity index is 352. The Hall–Kier alpha value is -0.830. The lowest BCUT2D eigenvalue weighted by molar-refractivity contribution is -0.143. The van der Waals surface area contributed by atoms with Gasteiger partial charge in [-0.15, -0.1) is 0 Å². The van der Waals surface area contributed by atoms with Crippen LogP contribution >= 0.6 is 0 Å². The summed E-state index contributed by atoms with van der Waals surface area (Å²) in [7, 11) is 0. The SMILES string of the molecule is CCCCCCCC/C=C\CCCCCCC(CC(O)CCCC)C(=O)O. The van der Waals surface area contributed by atoms with Crippen LogP contribution in [0.1, 0.15) is 123 Å². The Balaban J connectivity index is 3.56. The monoisotopic (exact) mass is 382 g/mol. The highest BCUT2D eigenvalue weighted by Gasteiger charge is 2.20. The van der Waals surface area contributed by atoms with Crippen molar-refractivity contribution in [3.8, 4) is 0 Å². The minimum absolute atomic E-state index is 0.380. The summed E-state index contributed by atoms with van der Waals surface area (Å²) in [5.41, 5.74) is 0. The third kappa shape index (κ3) is 18.3. The number of carbonyl (C=O) groups is 1. The Labute approximate surface area is 168 Å². The highest BCUT2D eigenvalue weighted by molar-refractivity contribution is 5.69. The molecule has 0 bridgehead atoms. The van der Waals surface area contributed by atoms with Crippen LogP contribution in [-0.4, -0.2) is 22.3 Å². The molecule has 3 heteroatoms. The van der Waals surface area contributed by atoms with Crippen molar-refractivity contribution in [3.05, 3.63) is 12.2 Å². The van der Waals surface area contributed by atoms with Crippen LogP contribution in [0.2, 0.25) is 0 Å². The van der Waals surface area contributed by atoms with Gasteiger partial charge in [0.05, 0.1) is 12.0 Å². The number of aliphatic carboxylic acids is 1. The molecular weight excluding hydrogens is 336 g/mol. The minimum atomic E-state index is -0.747. The first-order valence-corrected chi connectivity index (χ1v) is 11.7. The lowest BCUT2D eigenvalue weighted by atomic mass is 9.93. The number of hydrogen-bond acceptors (Lipinski definition) is 2. The van der Waals surface area contributed by atoms with E-state index in [9.17, 15) is 15.0 Å². The smallest absolute Gasteiger partial charge is 0.306 e. The first-order valence-electron chi connectivity index (χ1n) is 11.7. The van der Waals surface area contributed by atoms with E-state index < -0.39 is 12.1 Å². The summed E-state index contributed by atoms with van der Waals surface area (Å²) in [6.07, 6.45) is 23.0. The van der Waals surface area contributed by atoms with Gasteiger partial charge in [0.1, 0.15) is 0 Å². The normalized spacial score (nSPS) is 13.9. The van der Waals surface area contributed by atoms with Crippen molar-refractivity contribution in [1.82, 2.24) is 0 Å².